The van der Waals surface area contributed by atoms with Gasteiger partial charge < -0.3 is 4.74 Å². The molecule has 2 heteroatoms. The molecule has 118 valence electrons. The second-order valence-corrected chi connectivity index (χ2v) is 7.56. The summed E-state index contributed by atoms with van der Waals surface area (Å²) in [4.78, 5) is 12.9. The number of rotatable bonds is 6. The van der Waals surface area contributed by atoms with Gasteiger partial charge in [0.25, 0.3) is 0 Å². The average molecular weight is 298 g/mol. The molecule has 2 bridgehead atoms. The number of fused-ring (bicyclic) bond motifs is 1. The number of ketones is 1. The van der Waals surface area contributed by atoms with Crippen molar-refractivity contribution in [3.8, 4) is 0 Å². The van der Waals surface area contributed by atoms with Crippen molar-refractivity contribution in [1.82, 2.24) is 0 Å². The van der Waals surface area contributed by atoms with Crippen molar-refractivity contribution in [3.05, 3.63) is 35.9 Å². The van der Waals surface area contributed by atoms with Gasteiger partial charge in [0.1, 0.15) is 6.10 Å². The van der Waals surface area contributed by atoms with Gasteiger partial charge in [-0.05, 0) is 54.9 Å². The maximum absolute atomic E-state index is 12.9. The Hall–Kier alpha value is -1.15. The van der Waals surface area contributed by atoms with Gasteiger partial charge in [0.15, 0.2) is 5.78 Å². The molecule has 6 unspecified atom stereocenters. The van der Waals surface area contributed by atoms with E-state index >= 15 is 0 Å². The summed E-state index contributed by atoms with van der Waals surface area (Å²) in [6.45, 7) is 2.20. The van der Waals surface area contributed by atoms with E-state index in [4.69, 9.17) is 4.74 Å². The van der Waals surface area contributed by atoms with Crippen molar-refractivity contribution in [1.29, 1.82) is 0 Å². The lowest BCUT2D eigenvalue weighted by atomic mass is 9.82. The van der Waals surface area contributed by atoms with Crippen LogP contribution in [-0.2, 0) is 9.53 Å². The Morgan fingerprint density at radius 1 is 1.18 bits per heavy atom. The number of carbonyl (C=O) groups is 1. The Morgan fingerprint density at radius 3 is 2.64 bits per heavy atom. The number of hydrogen-bond donors (Lipinski definition) is 0. The normalized spacial score (nSPS) is 36.7. The predicted molar refractivity (Wildman–Crippen MR) is 86.7 cm³/mol. The maximum atomic E-state index is 12.9. The Bertz CT molecular complexity index is 536. The Kier molecular flexibility index (Phi) is 3.81. The van der Waals surface area contributed by atoms with Gasteiger partial charge in [0.05, 0.1) is 6.10 Å². The highest BCUT2D eigenvalue weighted by molar-refractivity contribution is 5.84. The van der Waals surface area contributed by atoms with Crippen LogP contribution in [0.2, 0.25) is 0 Å². The SMILES string of the molecule is CCCC(CC(=O)C1OC2CC3CC2C1C3)c1ccccc1. The van der Waals surface area contributed by atoms with Crippen molar-refractivity contribution in [2.75, 3.05) is 0 Å². The van der Waals surface area contributed by atoms with E-state index in [-0.39, 0.29) is 6.10 Å². The zero-order valence-corrected chi connectivity index (χ0v) is 13.4. The van der Waals surface area contributed by atoms with E-state index in [1.54, 1.807) is 0 Å². The molecule has 3 aliphatic rings. The molecule has 2 saturated carbocycles. The Balaban J connectivity index is 1.46. The quantitative estimate of drug-likeness (QED) is 0.781. The summed E-state index contributed by atoms with van der Waals surface area (Å²) < 4.78 is 6.17. The second-order valence-electron chi connectivity index (χ2n) is 7.56. The summed E-state index contributed by atoms with van der Waals surface area (Å²) in [5.74, 6) is 2.80. The topological polar surface area (TPSA) is 26.3 Å². The minimum Gasteiger partial charge on any atom is -0.367 e. The van der Waals surface area contributed by atoms with Gasteiger partial charge in [-0.3, -0.25) is 4.79 Å². The van der Waals surface area contributed by atoms with Gasteiger partial charge in [-0.15, -0.1) is 0 Å². The van der Waals surface area contributed by atoms with Gasteiger partial charge >= 0.3 is 0 Å². The Morgan fingerprint density at radius 2 is 1.95 bits per heavy atom. The zero-order valence-electron chi connectivity index (χ0n) is 13.4. The maximum Gasteiger partial charge on any atom is 0.162 e. The molecule has 1 aliphatic heterocycles. The van der Waals surface area contributed by atoms with E-state index in [0.717, 1.165) is 18.8 Å². The summed E-state index contributed by atoms with van der Waals surface area (Å²) in [5.41, 5.74) is 1.31. The van der Waals surface area contributed by atoms with Crippen molar-refractivity contribution >= 4 is 5.78 Å². The van der Waals surface area contributed by atoms with Gasteiger partial charge in [0, 0.05) is 6.42 Å². The monoisotopic (exact) mass is 298 g/mol. The Labute approximate surface area is 133 Å². The smallest absolute Gasteiger partial charge is 0.162 e. The molecule has 22 heavy (non-hydrogen) atoms. The molecule has 2 nitrogen and oxygen atoms in total. The standard InChI is InChI=1S/C20H26O2/c1-2-6-15(14-7-4-3-5-8-14)12-18(21)20-17-10-13-9-16(17)19(11-13)22-20/h3-5,7-8,13,15-17,19-20H,2,6,9-12H2,1H3. The second kappa shape index (κ2) is 5.81. The van der Waals surface area contributed by atoms with E-state index < -0.39 is 0 Å². The van der Waals surface area contributed by atoms with Gasteiger partial charge in [-0.1, -0.05) is 43.7 Å². The largest absolute Gasteiger partial charge is 0.367 e. The average Bonchev–Trinajstić information content (AvgIpc) is 3.15. The lowest BCUT2D eigenvalue weighted by Crippen LogP contribution is -2.28. The van der Waals surface area contributed by atoms with Crippen molar-refractivity contribution in [2.45, 2.75) is 63.6 Å². The van der Waals surface area contributed by atoms with E-state index in [1.165, 1.54) is 24.8 Å². The summed E-state index contributed by atoms with van der Waals surface area (Å²) in [7, 11) is 0. The van der Waals surface area contributed by atoms with Crippen molar-refractivity contribution < 1.29 is 9.53 Å². The van der Waals surface area contributed by atoms with Gasteiger partial charge in [-0.2, -0.15) is 0 Å². The van der Waals surface area contributed by atoms with Crippen LogP contribution in [0.3, 0.4) is 0 Å². The molecule has 0 N–H and O–H groups in total. The third-order valence-electron chi connectivity index (χ3n) is 6.19. The van der Waals surface area contributed by atoms with Crippen molar-refractivity contribution in [3.63, 3.8) is 0 Å². The number of carbonyl (C=O) groups excluding carboxylic acids is 1. The molecule has 0 radical (unpaired) electrons. The summed E-state index contributed by atoms with van der Waals surface area (Å²) >= 11 is 0. The van der Waals surface area contributed by atoms with Crippen LogP contribution in [-0.4, -0.2) is 18.0 Å². The highest BCUT2D eigenvalue weighted by Crippen LogP contribution is 2.56. The molecule has 6 atom stereocenters. The first kappa shape index (κ1) is 14.4. The molecule has 1 saturated heterocycles. The number of Topliss-reactive ketones (excluding diaryl/α,β-unsaturated/α-hetero) is 1. The van der Waals surface area contributed by atoms with E-state index in [2.05, 4.69) is 31.2 Å². The highest BCUT2D eigenvalue weighted by Gasteiger charge is 2.57. The van der Waals surface area contributed by atoms with E-state index in [1.807, 2.05) is 6.07 Å². The summed E-state index contributed by atoms with van der Waals surface area (Å²) in [5, 5.41) is 0. The minimum atomic E-state index is -0.0921. The zero-order chi connectivity index (χ0) is 15.1. The van der Waals surface area contributed by atoms with Crippen LogP contribution in [0, 0.1) is 17.8 Å². The van der Waals surface area contributed by atoms with Crippen molar-refractivity contribution in [2.24, 2.45) is 17.8 Å². The van der Waals surface area contributed by atoms with E-state index in [9.17, 15) is 4.79 Å². The highest BCUT2D eigenvalue weighted by atomic mass is 16.5. The minimum absolute atomic E-state index is 0.0921. The molecule has 4 rings (SSSR count). The van der Waals surface area contributed by atoms with Gasteiger partial charge in [0.2, 0.25) is 0 Å². The van der Waals surface area contributed by atoms with Crippen LogP contribution < -0.4 is 0 Å². The van der Waals surface area contributed by atoms with Crippen LogP contribution >= 0.6 is 0 Å². The predicted octanol–water partition coefficient (Wildman–Crippen LogP) is 4.34. The van der Waals surface area contributed by atoms with Crippen LogP contribution in [0.5, 0.6) is 0 Å². The lowest BCUT2D eigenvalue weighted by Gasteiger charge is -2.21. The molecule has 1 aromatic rings. The van der Waals surface area contributed by atoms with Crippen LogP contribution in [0.4, 0.5) is 0 Å². The molecular formula is C20H26O2. The molecule has 1 heterocycles. The van der Waals surface area contributed by atoms with Crippen LogP contribution in [0.25, 0.3) is 0 Å². The number of ether oxygens (including phenoxy) is 1. The molecule has 1 aromatic carbocycles. The molecule has 2 aliphatic carbocycles. The first-order valence-electron chi connectivity index (χ1n) is 8.99. The van der Waals surface area contributed by atoms with Crippen LogP contribution in [0.15, 0.2) is 30.3 Å². The molecular weight excluding hydrogens is 272 g/mol. The molecule has 0 spiro atoms. The first-order chi connectivity index (χ1) is 10.8. The third-order valence-corrected chi connectivity index (χ3v) is 6.19. The number of benzene rings is 1. The first-order valence-corrected chi connectivity index (χ1v) is 8.99. The fraction of sp³-hybridized carbons (Fsp3) is 0.650. The molecule has 3 fully saturated rings. The summed E-state index contributed by atoms with van der Waals surface area (Å²) in [6.07, 6.45) is 6.94. The fourth-order valence-electron chi connectivity index (χ4n) is 5.27. The molecule has 0 amide bonds. The van der Waals surface area contributed by atoms with Crippen LogP contribution in [0.1, 0.15) is 56.9 Å². The summed E-state index contributed by atoms with van der Waals surface area (Å²) in [6, 6.07) is 10.5. The molecule has 0 aromatic heterocycles. The fourth-order valence-corrected chi connectivity index (χ4v) is 5.27. The third kappa shape index (κ3) is 2.42. The van der Waals surface area contributed by atoms with E-state index in [0.29, 0.717) is 36.1 Å². The van der Waals surface area contributed by atoms with Gasteiger partial charge in [-0.25, -0.2) is 0 Å². The lowest BCUT2D eigenvalue weighted by molar-refractivity contribution is -0.131. The number of hydrogen-bond acceptors (Lipinski definition) is 2.